The van der Waals surface area contributed by atoms with Crippen molar-refractivity contribution in [2.45, 2.75) is 20.0 Å². The van der Waals surface area contributed by atoms with Crippen molar-refractivity contribution in [2.24, 2.45) is 0 Å². The van der Waals surface area contributed by atoms with E-state index < -0.39 is 6.03 Å². The fourth-order valence-electron chi connectivity index (χ4n) is 3.09. The molecule has 0 aliphatic rings. The maximum atomic E-state index is 12.8. The van der Waals surface area contributed by atoms with Crippen LogP contribution in [-0.4, -0.2) is 50.2 Å². The fraction of sp³-hybridized carbons (Fsp3) is 0.263. The molecule has 0 bridgehead atoms. The van der Waals surface area contributed by atoms with Gasteiger partial charge in [-0.05, 0) is 19.9 Å². The molecule has 1 atom stereocenters. The van der Waals surface area contributed by atoms with E-state index in [0.29, 0.717) is 17.0 Å². The fourth-order valence-corrected chi connectivity index (χ4v) is 4.11. The molecule has 1 unspecified atom stereocenters. The molecule has 32 heavy (non-hydrogen) atoms. The molecule has 166 valence electrons. The zero-order chi connectivity index (χ0) is 22.8. The lowest BCUT2D eigenvalue weighted by Gasteiger charge is -2.17. The Morgan fingerprint density at radius 1 is 1.25 bits per heavy atom. The van der Waals surface area contributed by atoms with Gasteiger partial charge in [-0.25, -0.2) is 19.4 Å². The summed E-state index contributed by atoms with van der Waals surface area (Å²) < 4.78 is 12.2. The van der Waals surface area contributed by atoms with E-state index in [0.717, 1.165) is 15.4 Å². The van der Waals surface area contributed by atoms with Gasteiger partial charge in [0.1, 0.15) is 16.0 Å². The number of hydrogen-bond donors (Lipinski definition) is 2. The largest absolute Gasteiger partial charge is 0.479 e. The highest BCUT2D eigenvalue weighted by Gasteiger charge is 2.21. The van der Waals surface area contributed by atoms with Crippen LogP contribution in [0.5, 0.6) is 5.88 Å². The van der Waals surface area contributed by atoms with E-state index in [2.05, 4.69) is 35.9 Å². The molecule has 0 aliphatic carbocycles. The minimum Gasteiger partial charge on any atom is -0.479 e. The number of carbonyl (C=O) groups excluding carboxylic acids is 1. The van der Waals surface area contributed by atoms with Crippen molar-refractivity contribution in [3.8, 4) is 11.7 Å². The molecule has 4 rings (SSSR count). The van der Waals surface area contributed by atoms with E-state index in [1.807, 2.05) is 13.8 Å². The van der Waals surface area contributed by atoms with Gasteiger partial charge in [0.2, 0.25) is 5.88 Å². The van der Waals surface area contributed by atoms with E-state index in [1.54, 1.807) is 19.5 Å². The summed E-state index contributed by atoms with van der Waals surface area (Å²) in [5.41, 5.74) is 2.19. The Balaban J connectivity index is 1.63. The Kier molecular flexibility index (Phi) is 6.17. The van der Waals surface area contributed by atoms with Gasteiger partial charge in [0.05, 0.1) is 47.5 Å². The third kappa shape index (κ3) is 4.20. The van der Waals surface area contributed by atoms with Crippen LogP contribution in [0.15, 0.2) is 24.7 Å². The second-order valence-electron chi connectivity index (χ2n) is 6.63. The van der Waals surface area contributed by atoms with Crippen LogP contribution >= 0.6 is 22.9 Å². The van der Waals surface area contributed by atoms with Crippen molar-refractivity contribution < 1.29 is 14.3 Å². The number of fused-ring (bicyclic) bond motifs is 1. The van der Waals surface area contributed by atoms with Crippen LogP contribution in [0.4, 0.5) is 16.2 Å². The van der Waals surface area contributed by atoms with Crippen LogP contribution < -0.4 is 15.4 Å². The molecule has 0 spiro atoms. The number of ether oxygens (including phenoxy) is 2. The first-order valence-electron chi connectivity index (χ1n) is 9.39. The van der Waals surface area contributed by atoms with Gasteiger partial charge in [0, 0.05) is 12.7 Å². The molecule has 2 N–H and O–H groups in total. The van der Waals surface area contributed by atoms with Crippen molar-refractivity contribution in [3.63, 3.8) is 0 Å². The van der Waals surface area contributed by atoms with Gasteiger partial charge in [-0.3, -0.25) is 0 Å². The lowest BCUT2D eigenvalue weighted by Crippen LogP contribution is -2.22. The van der Waals surface area contributed by atoms with Crippen molar-refractivity contribution in [2.75, 3.05) is 24.9 Å². The first-order chi connectivity index (χ1) is 15.4. The minimum absolute atomic E-state index is 0.157. The van der Waals surface area contributed by atoms with E-state index in [4.69, 9.17) is 21.1 Å². The van der Waals surface area contributed by atoms with E-state index in [1.165, 1.54) is 35.4 Å². The Bertz CT molecular complexity index is 1280. The van der Waals surface area contributed by atoms with Gasteiger partial charge in [0.25, 0.3) is 0 Å². The molecule has 0 saturated heterocycles. The maximum Gasteiger partial charge on any atom is 0.323 e. The summed E-state index contributed by atoms with van der Waals surface area (Å²) in [5, 5.41) is 14.2. The number of rotatable bonds is 6. The van der Waals surface area contributed by atoms with Crippen LogP contribution in [0.2, 0.25) is 5.02 Å². The number of amides is 2. The zero-order valence-electron chi connectivity index (χ0n) is 17.6. The molecule has 0 fully saturated rings. The van der Waals surface area contributed by atoms with Crippen LogP contribution in [0.1, 0.15) is 23.6 Å². The van der Waals surface area contributed by atoms with Crippen molar-refractivity contribution >= 4 is 50.7 Å². The average Bonchev–Trinajstić information content (AvgIpc) is 3.42. The Morgan fingerprint density at radius 3 is 2.72 bits per heavy atom. The number of pyridine rings is 2. The first-order valence-corrected chi connectivity index (χ1v) is 10.6. The summed E-state index contributed by atoms with van der Waals surface area (Å²) in [4.78, 5) is 26.9. The molecule has 13 heteroatoms. The molecule has 4 aromatic rings. The number of nitrogens with zero attached hydrogens (tertiary/aromatic N) is 6. The zero-order valence-corrected chi connectivity index (χ0v) is 19.2. The molecule has 0 radical (unpaired) electrons. The smallest absolute Gasteiger partial charge is 0.323 e. The molecular weight excluding hydrogens is 456 g/mol. The quantitative estimate of drug-likeness (QED) is 0.429. The molecule has 2 amide bonds. The van der Waals surface area contributed by atoms with Gasteiger partial charge in [-0.1, -0.05) is 28.2 Å². The number of nitrogens with one attached hydrogen (secondary N) is 2. The predicted molar refractivity (Wildman–Crippen MR) is 121 cm³/mol. The van der Waals surface area contributed by atoms with Gasteiger partial charge >= 0.3 is 6.03 Å². The molecule has 0 saturated carbocycles. The number of halogens is 1. The van der Waals surface area contributed by atoms with Crippen molar-refractivity contribution in [1.82, 2.24) is 29.9 Å². The summed E-state index contributed by atoms with van der Waals surface area (Å²) in [6.45, 7) is 3.78. The molecular formula is C19H19ClN8O3S. The summed E-state index contributed by atoms with van der Waals surface area (Å²) in [7, 11) is 3.03. The van der Waals surface area contributed by atoms with Crippen LogP contribution in [0.3, 0.4) is 0 Å². The van der Waals surface area contributed by atoms with E-state index >= 15 is 0 Å². The normalized spacial score (nSPS) is 12.0. The molecule has 4 aromatic heterocycles. The summed E-state index contributed by atoms with van der Waals surface area (Å²) >= 11 is 7.81. The molecule has 4 heterocycles. The number of hydrogen-bond acceptors (Lipinski definition) is 9. The highest BCUT2D eigenvalue weighted by atomic mass is 35.5. The number of carbonyl (C=O) groups is 1. The van der Waals surface area contributed by atoms with E-state index in [-0.39, 0.29) is 22.7 Å². The van der Waals surface area contributed by atoms with Crippen LogP contribution in [0, 0.1) is 6.92 Å². The second-order valence-corrected chi connectivity index (χ2v) is 8.22. The number of methoxy groups -OCH3 is 2. The van der Waals surface area contributed by atoms with Gasteiger partial charge < -0.3 is 20.1 Å². The van der Waals surface area contributed by atoms with E-state index in [9.17, 15) is 4.79 Å². The first kappa shape index (κ1) is 21.9. The minimum atomic E-state index is -0.535. The lowest BCUT2D eigenvalue weighted by atomic mass is 10.1. The van der Waals surface area contributed by atoms with Crippen molar-refractivity contribution in [3.05, 3.63) is 40.3 Å². The van der Waals surface area contributed by atoms with Crippen LogP contribution in [0.25, 0.3) is 16.2 Å². The Hall–Kier alpha value is -3.35. The summed E-state index contributed by atoms with van der Waals surface area (Å²) in [6.07, 6.45) is 4.36. The number of urea groups is 1. The average molecular weight is 475 g/mol. The van der Waals surface area contributed by atoms with Gasteiger partial charge in [-0.15, -0.1) is 5.10 Å². The highest BCUT2D eigenvalue weighted by molar-refractivity contribution is 7.18. The topological polar surface area (TPSA) is 129 Å². The molecule has 0 aliphatic heterocycles. The third-order valence-corrected chi connectivity index (χ3v) is 5.74. The monoisotopic (exact) mass is 474 g/mol. The number of anilines is 2. The Labute approximate surface area is 191 Å². The lowest BCUT2D eigenvalue weighted by molar-refractivity contribution is 0.121. The summed E-state index contributed by atoms with van der Waals surface area (Å²) in [5.74, 6) is 0.473. The second kappa shape index (κ2) is 9.02. The van der Waals surface area contributed by atoms with Gasteiger partial charge in [-0.2, -0.15) is 4.98 Å². The number of thiazole rings is 1. The SMILES string of the molecule is COc1nc(-n2ccnn2)c(Cl)cc1NC(=O)Nc1cnc2sc(C)nc2c1C(C)OC. The Morgan fingerprint density at radius 2 is 2.03 bits per heavy atom. The molecule has 0 aromatic carbocycles. The highest BCUT2D eigenvalue weighted by Crippen LogP contribution is 2.34. The van der Waals surface area contributed by atoms with Gasteiger partial charge in [0.15, 0.2) is 5.82 Å². The molecule has 11 nitrogen and oxygen atoms in total. The maximum absolute atomic E-state index is 12.8. The summed E-state index contributed by atoms with van der Waals surface area (Å²) in [6, 6.07) is 0.987. The third-order valence-electron chi connectivity index (χ3n) is 4.58. The number of aryl methyl sites for hydroxylation is 1. The van der Waals surface area contributed by atoms with Crippen LogP contribution in [-0.2, 0) is 4.74 Å². The number of aromatic nitrogens is 6. The standard InChI is InChI=1S/C19H19ClN8O3S/c1-9(30-3)14-13(8-21-18-15(14)23-10(2)32-18)25-19(29)24-12-7-11(20)16(26-17(12)31-4)28-6-5-22-27-28/h5-9H,1-4H3,(H2,24,25,29). The predicted octanol–water partition coefficient (Wildman–Crippen LogP) is 3.99. The van der Waals surface area contributed by atoms with Crippen molar-refractivity contribution in [1.29, 1.82) is 0 Å².